The van der Waals surface area contributed by atoms with Crippen LogP contribution in [-0.2, 0) is 4.79 Å². The van der Waals surface area contributed by atoms with Crippen LogP contribution in [0.15, 0.2) is 47.4 Å². The number of benzene rings is 2. The summed E-state index contributed by atoms with van der Waals surface area (Å²) in [6, 6.07) is 9.69. The Morgan fingerprint density at radius 2 is 1.68 bits per heavy atom. The predicted octanol–water partition coefficient (Wildman–Crippen LogP) is 3.24. The van der Waals surface area contributed by atoms with Crippen LogP contribution in [0.5, 0.6) is 5.75 Å². The molecule has 2 aromatic carbocycles. The van der Waals surface area contributed by atoms with Gasteiger partial charge in [-0.3, -0.25) is 25.0 Å². The molecule has 10 heteroatoms. The van der Waals surface area contributed by atoms with Crippen molar-refractivity contribution in [3.8, 4) is 5.75 Å². The molecule has 0 atom stereocenters. The number of hydrogen-bond donors (Lipinski definition) is 1. The highest BCUT2D eigenvalue weighted by atomic mass is 32.2. The molecule has 0 aliphatic heterocycles. The van der Waals surface area contributed by atoms with E-state index in [1.165, 1.54) is 49.2 Å². The van der Waals surface area contributed by atoms with Crippen molar-refractivity contribution in [1.82, 2.24) is 0 Å². The summed E-state index contributed by atoms with van der Waals surface area (Å²) in [5.74, 6) is -0.0506. The van der Waals surface area contributed by atoms with Crippen molar-refractivity contribution in [3.05, 3.63) is 62.7 Å². The van der Waals surface area contributed by atoms with Crippen LogP contribution in [0.3, 0.4) is 0 Å². The average Bonchev–Trinajstić information content (AvgIpc) is 2.60. The van der Waals surface area contributed by atoms with Crippen molar-refractivity contribution in [2.75, 3.05) is 18.2 Å². The summed E-state index contributed by atoms with van der Waals surface area (Å²) >= 11 is 1.18. The van der Waals surface area contributed by atoms with Crippen LogP contribution >= 0.6 is 11.8 Å². The largest absolute Gasteiger partial charge is 0.495 e. The van der Waals surface area contributed by atoms with Gasteiger partial charge in [-0.2, -0.15) is 0 Å². The summed E-state index contributed by atoms with van der Waals surface area (Å²) in [4.78, 5) is 33.1. The molecular weight excluding hydrogens is 350 g/mol. The Bertz CT molecular complexity index is 809. The van der Waals surface area contributed by atoms with E-state index in [1.807, 2.05) is 0 Å². The maximum Gasteiger partial charge on any atom is 0.271 e. The summed E-state index contributed by atoms with van der Waals surface area (Å²) in [6.45, 7) is 0. The smallest absolute Gasteiger partial charge is 0.271 e. The molecule has 0 saturated carbocycles. The molecular formula is C15H13N3O6S. The van der Waals surface area contributed by atoms with Crippen LogP contribution < -0.4 is 10.1 Å². The first-order chi connectivity index (χ1) is 11.9. The van der Waals surface area contributed by atoms with Crippen LogP contribution in [-0.4, -0.2) is 28.6 Å². The molecule has 0 heterocycles. The third-order valence-corrected chi connectivity index (χ3v) is 4.10. The Morgan fingerprint density at radius 1 is 1.08 bits per heavy atom. The summed E-state index contributed by atoms with van der Waals surface area (Å²) < 4.78 is 5.07. The SMILES string of the molecule is COc1ccc([N+](=O)[O-])cc1NC(=O)CSc1ccc([N+](=O)[O-])cc1. The number of amides is 1. The monoisotopic (exact) mass is 363 g/mol. The number of ether oxygens (including phenoxy) is 1. The molecule has 9 nitrogen and oxygen atoms in total. The quantitative estimate of drug-likeness (QED) is 0.455. The lowest BCUT2D eigenvalue weighted by Gasteiger charge is -2.09. The van der Waals surface area contributed by atoms with Crippen molar-refractivity contribution >= 4 is 34.7 Å². The van der Waals surface area contributed by atoms with Crippen molar-refractivity contribution in [2.24, 2.45) is 0 Å². The van der Waals surface area contributed by atoms with Crippen molar-refractivity contribution in [1.29, 1.82) is 0 Å². The summed E-state index contributed by atoms with van der Waals surface area (Å²) in [7, 11) is 1.39. The first-order valence-electron chi connectivity index (χ1n) is 6.90. The van der Waals surface area contributed by atoms with Gasteiger partial charge in [-0.05, 0) is 18.2 Å². The first kappa shape index (κ1) is 18.2. The standard InChI is InChI=1S/C15H13N3O6S/c1-24-14-7-4-11(18(22)23)8-13(14)16-15(19)9-25-12-5-2-10(3-6-12)17(20)21/h2-8H,9H2,1H3,(H,16,19). The molecule has 0 radical (unpaired) electrons. The van der Waals surface area contributed by atoms with Gasteiger partial charge in [-0.25, -0.2) is 0 Å². The number of non-ortho nitro benzene ring substituents is 2. The Hall–Kier alpha value is -3.14. The molecule has 0 unspecified atom stereocenters. The third-order valence-electron chi connectivity index (χ3n) is 3.09. The van der Waals surface area contributed by atoms with Gasteiger partial charge in [0.1, 0.15) is 5.75 Å². The molecule has 0 aromatic heterocycles. The minimum atomic E-state index is -0.569. The normalized spacial score (nSPS) is 10.1. The number of thioether (sulfide) groups is 1. The van der Waals surface area contributed by atoms with Gasteiger partial charge in [-0.15, -0.1) is 11.8 Å². The lowest BCUT2D eigenvalue weighted by atomic mass is 10.2. The average molecular weight is 363 g/mol. The second-order valence-corrected chi connectivity index (χ2v) is 5.78. The van der Waals surface area contributed by atoms with E-state index in [0.29, 0.717) is 10.6 Å². The minimum Gasteiger partial charge on any atom is -0.495 e. The Balaban J connectivity index is 2.01. The molecule has 1 N–H and O–H groups in total. The van der Waals surface area contributed by atoms with Crippen LogP contribution in [0.4, 0.5) is 17.1 Å². The molecule has 0 aliphatic carbocycles. The number of nitrogens with one attached hydrogen (secondary N) is 1. The highest BCUT2D eigenvalue weighted by Gasteiger charge is 2.14. The van der Waals surface area contributed by atoms with E-state index >= 15 is 0 Å². The lowest BCUT2D eigenvalue weighted by molar-refractivity contribution is -0.385. The van der Waals surface area contributed by atoms with E-state index in [4.69, 9.17) is 4.74 Å². The molecule has 0 fully saturated rings. The predicted molar refractivity (Wildman–Crippen MR) is 92.1 cm³/mol. The van der Waals surface area contributed by atoms with Crippen molar-refractivity contribution in [3.63, 3.8) is 0 Å². The molecule has 0 aliphatic rings. The molecule has 2 rings (SSSR count). The van der Waals surface area contributed by atoms with E-state index in [2.05, 4.69) is 5.32 Å². The van der Waals surface area contributed by atoms with Gasteiger partial charge in [0.2, 0.25) is 5.91 Å². The topological polar surface area (TPSA) is 125 Å². The van der Waals surface area contributed by atoms with Gasteiger partial charge in [0, 0.05) is 29.2 Å². The molecule has 25 heavy (non-hydrogen) atoms. The van der Waals surface area contributed by atoms with E-state index < -0.39 is 9.85 Å². The van der Waals surface area contributed by atoms with Crippen LogP contribution in [0.2, 0.25) is 0 Å². The van der Waals surface area contributed by atoms with Gasteiger partial charge >= 0.3 is 0 Å². The fourth-order valence-corrected chi connectivity index (χ4v) is 2.60. The van der Waals surface area contributed by atoms with Crippen LogP contribution in [0.25, 0.3) is 0 Å². The second-order valence-electron chi connectivity index (χ2n) is 4.73. The molecule has 0 saturated heterocycles. The number of carbonyl (C=O) groups excluding carboxylic acids is 1. The van der Waals surface area contributed by atoms with E-state index in [-0.39, 0.29) is 28.7 Å². The number of methoxy groups -OCH3 is 1. The zero-order valence-electron chi connectivity index (χ0n) is 13.0. The number of nitro benzene ring substituents is 2. The molecule has 130 valence electrons. The molecule has 1 amide bonds. The van der Waals surface area contributed by atoms with E-state index in [0.717, 1.165) is 0 Å². The van der Waals surface area contributed by atoms with Crippen molar-refractivity contribution < 1.29 is 19.4 Å². The number of hydrogen-bond acceptors (Lipinski definition) is 7. The second kappa shape index (κ2) is 8.11. The number of anilines is 1. The van der Waals surface area contributed by atoms with E-state index in [1.54, 1.807) is 12.1 Å². The van der Waals surface area contributed by atoms with Gasteiger partial charge in [0.15, 0.2) is 0 Å². The maximum absolute atomic E-state index is 12.0. The fourth-order valence-electron chi connectivity index (χ4n) is 1.91. The minimum absolute atomic E-state index is 0.0314. The van der Waals surface area contributed by atoms with E-state index in [9.17, 15) is 25.0 Å². The zero-order chi connectivity index (χ0) is 18.4. The number of carbonyl (C=O) groups is 1. The number of rotatable bonds is 7. The van der Waals surface area contributed by atoms with Gasteiger partial charge in [0.25, 0.3) is 11.4 Å². The van der Waals surface area contributed by atoms with Gasteiger partial charge in [0.05, 0.1) is 28.4 Å². The number of nitrogens with zero attached hydrogens (tertiary/aromatic N) is 2. The number of nitro groups is 2. The third kappa shape index (κ3) is 4.91. The molecule has 0 spiro atoms. The summed E-state index contributed by atoms with van der Waals surface area (Å²) in [5.41, 5.74) is 0.000236. The van der Waals surface area contributed by atoms with Gasteiger partial charge < -0.3 is 10.1 Å². The summed E-state index contributed by atoms with van der Waals surface area (Å²) in [5, 5.41) is 24.0. The highest BCUT2D eigenvalue weighted by Crippen LogP contribution is 2.29. The molecule has 0 bridgehead atoms. The maximum atomic E-state index is 12.0. The lowest BCUT2D eigenvalue weighted by Crippen LogP contribution is -2.14. The Kier molecular flexibility index (Phi) is 5.90. The van der Waals surface area contributed by atoms with Crippen molar-refractivity contribution in [2.45, 2.75) is 4.90 Å². The first-order valence-corrected chi connectivity index (χ1v) is 7.89. The molecule has 2 aromatic rings. The fraction of sp³-hybridized carbons (Fsp3) is 0.133. The summed E-state index contributed by atoms with van der Waals surface area (Å²) in [6.07, 6.45) is 0. The zero-order valence-corrected chi connectivity index (χ0v) is 13.8. The van der Waals surface area contributed by atoms with Crippen LogP contribution in [0, 0.1) is 20.2 Å². The Morgan fingerprint density at radius 3 is 2.24 bits per heavy atom. The van der Waals surface area contributed by atoms with Crippen LogP contribution in [0.1, 0.15) is 0 Å². The van der Waals surface area contributed by atoms with Gasteiger partial charge in [-0.1, -0.05) is 0 Å². The highest BCUT2D eigenvalue weighted by molar-refractivity contribution is 8.00. The Labute approximate surface area is 146 Å².